The average molecular weight is 498 g/mol. The molecule has 0 aromatic heterocycles. The number of hydrogen-bond acceptors (Lipinski definition) is 3. The highest BCUT2D eigenvalue weighted by atomic mass is 127. The highest BCUT2D eigenvalue weighted by molar-refractivity contribution is 14.0. The molecule has 0 heterocycles. The number of nitrogens with one attached hydrogen (secondary N) is 3. The van der Waals surface area contributed by atoms with E-state index in [0.717, 1.165) is 18.4 Å². The van der Waals surface area contributed by atoms with Crippen molar-refractivity contribution >= 4 is 40.0 Å². The first-order chi connectivity index (χ1) is 11.9. The Morgan fingerprint density at radius 3 is 2.54 bits per heavy atom. The summed E-state index contributed by atoms with van der Waals surface area (Å²) in [6.07, 6.45) is 1.99. The van der Waals surface area contributed by atoms with Crippen molar-refractivity contribution in [2.75, 3.05) is 31.9 Å². The molecular weight excluding hydrogens is 470 g/mol. The molecular formula is C17H28FIN4O2S. The number of guanidine groups is 1. The third kappa shape index (κ3) is 6.99. The van der Waals surface area contributed by atoms with Gasteiger partial charge in [-0.15, -0.1) is 24.0 Å². The van der Waals surface area contributed by atoms with Crippen LogP contribution in [-0.4, -0.2) is 46.3 Å². The lowest BCUT2D eigenvalue weighted by Gasteiger charge is -2.16. The van der Waals surface area contributed by atoms with Crippen LogP contribution in [-0.2, 0) is 15.4 Å². The van der Waals surface area contributed by atoms with E-state index in [0.29, 0.717) is 32.1 Å². The van der Waals surface area contributed by atoms with Crippen molar-refractivity contribution in [2.24, 2.45) is 4.99 Å². The number of sulfonamides is 1. The van der Waals surface area contributed by atoms with Gasteiger partial charge in [0.15, 0.2) is 5.96 Å². The Morgan fingerprint density at radius 2 is 1.96 bits per heavy atom. The molecule has 0 atom stereocenters. The van der Waals surface area contributed by atoms with Gasteiger partial charge >= 0.3 is 0 Å². The maximum atomic E-state index is 13.5. The molecule has 0 saturated heterocycles. The number of halogens is 2. The van der Waals surface area contributed by atoms with E-state index < -0.39 is 10.0 Å². The normalized spacial score (nSPS) is 15.9. The summed E-state index contributed by atoms with van der Waals surface area (Å²) in [7, 11) is -3.18. The number of aliphatic imine (C=N–C) groups is 1. The van der Waals surface area contributed by atoms with E-state index in [2.05, 4.69) is 20.3 Å². The summed E-state index contributed by atoms with van der Waals surface area (Å²) < 4.78 is 38.8. The zero-order valence-corrected chi connectivity index (χ0v) is 18.4. The molecule has 1 aliphatic rings. The number of rotatable bonds is 9. The van der Waals surface area contributed by atoms with Crippen LogP contribution < -0.4 is 15.4 Å². The van der Waals surface area contributed by atoms with Gasteiger partial charge in [-0.1, -0.05) is 12.1 Å². The van der Waals surface area contributed by atoms with E-state index >= 15 is 0 Å². The molecule has 6 nitrogen and oxygen atoms in total. The van der Waals surface area contributed by atoms with Crippen LogP contribution in [0.25, 0.3) is 0 Å². The monoisotopic (exact) mass is 498 g/mol. The van der Waals surface area contributed by atoms with E-state index in [1.807, 2.05) is 13.0 Å². The van der Waals surface area contributed by atoms with Crippen LogP contribution in [0, 0.1) is 5.82 Å². The third-order valence-electron chi connectivity index (χ3n) is 4.29. The fourth-order valence-electron chi connectivity index (χ4n) is 2.57. The van der Waals surface area contributed by atoms with Crippen LogP contribution in [0.1, 0.15) is 32.3 Å². The summed E-state index contributed by atoms with van der Waals surface area (Å²) in [5.41, 5.74) is 0.914. The van der Waals surface area contributed by atoms with Crippen LogP contribution in [0.4, 0.5) is 4.39 Å². The molecule has 0 spiro atoms. The minimum Gasteiger partial charge on any atom is -0.357 e. The van der Waals surface area contributed by atoms with Crippen molar-refractivity contribution in [3.8, 4) is 0 Å². The summed E-state index contributed by atoms with van der Waals surface area (Å²) in [6, 6.07) is 6.72. The molecule has 3 N–H and O–H groups in total. The Morgan fingerprint density at radius 1 is 1.23 bits per heavy atom. The zero-order valence-electron chi connectivity index (χ0n) is 15.2. The largest absolute Gasteiger partial charge is 0.357 e. The molecule has 1 aliphatic carbocycles. The maximum Gasteiger partial charge on any atom is 0.211 e. The Balaban J connectivity index is 0.00000338. The van der Waals surface area contributed by atoms with Gasteiger partial charge in [0, 0.05) is 25.0 Å². The smallest absolute Gasteiger partial charge is 0.211 e. The quantitative estimate of drug-likeness (QED) is 0.211. The Hall–Kier alpha value is -0.940. The van der Waals surface area contributed by atoms with E-state index in [9.17, 15) is 12.8 Å². The summed E-state index contributed by atoms with van der Waals surface area (Å²) in [6.45, 7) is 5.60. The Bertz CT molecular complexity index is 708. The van der Waals surface area contributed by atoms with Crippen molar-refractivity contribution in [3.63, 3.8) is 0 Å². The van der Waals surface area contributed by atoms with Crippen molar-refractivity contribution in [2.45, 2.75) is 32.1 Å². The first-order valence-electron chi connectivity index (χ1n) is 8.66. The molecule has 1 aromatic carbocycles. The van der Waals surface area contributed by atoms with E-state index in [-0.39, 0.29) is 41.0 Å². The first kappa shape index (κ1) is 23.1. The first-order valence-corrected chi connectivity index (χ1v) is 10.3. The standard InChI is InChI=1S/C17H27FN4O2S.HI/c1-3-19-16(20-10-11-22-25(23,24)4-2)21-13-17(8-9-17)14-6-5-7-15(18)12-14;/h5-7,12,22H,3-4,8-11,13H2,1-2H3,(H2,19,20,21);1H. The third-order valence-corrected chi connectivity index (χ3v) is 5.70. The van der Waals surface area contributed by atoms with Gasteiger partial charge < -0.3 is 10.6 Å². The molecule has 1 fully saturated rings. The molecule has 0 radical (unpaired) electrons. The number of hydrogen-bond donors (Lipinski definition) is 3. The fourth-order valence-corrected chi connectivity index (χ4v) is 3.19. The Kier molecular flexibility index (Phi) is 9.25. The van der Waals surface area contributed by atoms with Gasteiger partial charge in [0.2, 0.25) is 10.0 Å². The van der Waals surface area contributed by atoms with Crippen molar-refractivity contribution in [1.82, 2.24) is 15.4 Å². The molecule has 0 bridgehead atoms. The number of nitrogens with zero attached hydrogens (tertiary/aromatic N) is 1. The minimum atomic E-state index is -3.18. The van der Waals surface area contributed by atoms with Crippen LogP contribution in [0.2, 0.25) is 0 Å². The second-order valence-electron chi connectivity index (χ2n) is 6.21. The minimum absolute atomic E-state index is 0. The highest BCUT2D eigenvalue weighted by Crippen LogP contribution is 2.48. The SMILES string of the molecule is CCNC(=NCC1(c2cccc(F)c2)CC1)NCCNS(=O)(=O)CC.I. The Labute approximate surface area is 172 Å². The molecule has 1 aromatic rings. The van der Waals surface area contributed by atoms with Crippen molar-refractivity contribution in [3.05, 3.63) is 35.6 Å². The molecule has 26 heavy (non-hydrogen) atoms. The lowest BCUT2D eigenvalue weighted by atomic mass is 9.96. The highest BCUT2D eigenvalue weighted by Gasteiger charge is 2.44. The van der Waals surface area contributed by atoms with Gasteiger partial charge in [0.25, 0.3) is 0 Å². The maximum absolute atomic E-state index is 13.5. The van der Waals surface area contributed by atoms with E-state index in [1.54, 1.807) is 19.1 Å². The number of benzene rings is 1. The summed E-state index contributed by atoms with van der Waals surface area (Å²) in [5.74, 6) is 0.485. The zero-order chi connectivity index (χ0) is 18.3. The molecule has 1 saturated carbocycles. The van der Waals surface area contributed by atoms with Crippen LogP contribution in [0.15, 0.2) is 29.3 Å². The molecule has 0 unspecified atom stereocenters. The van der Waals surface area contributed by atoms with Gasteiger partial charge in [-0.05, 0) is 44.4 Å². The lowest BCUT2D eigenvalue weighted by Crippen LogP contribution is -2.42. The van der Waals surface area contributed by atoms with Crippen LogP contribution >= 0.6 is 24.0 Å². The second kappa shape index (κ2) is 10.4. The summed E-state index contributed by atoms with van der Waals surface area (Å²) >= 11 is 0. The van der Waals surface area contributed by atoms with Gasteiger partial charge in [0.05, 0.1) is 12.3 Å². The lowest BCUT2D eigenvalue weighted by molar-refractivity contribution is 0.581. The van der Waals surface area contributed by atoms with Crippen LogP contribution in [0.5, 0.6) is 0 Å². The van der Waals surface area contributed by atoms with Gasteiger partial charge in [-0.2, -0.15) is 0 Å². The second-order valence-corrected chi connectivity index (χ2v) is 8.31. The van der Waals surface area contributed by atoms with E-state index in [1.165, 1.54) is 6.07 Å². The summed E-state index contributed by atoms with van der Waals surface area (Å²) in [4.78, 5) is 4.60. The molecule has 2 rings (SSSR count). The fraction of sp³-hybridized carbons (Fsp3) is 0.588. The van der Waals surface area contributed by atoms with E-state index in [4.69, 9.17) is 0 Å². The predicted molar refractivity (Wildman–Crippen MR) is 114 cm³/mol. The molecule has 0 aliphatic heterocycles. The molecule has 148 valence electrons. The predicted octanol–water partition coefficient (Wildman–Crippen LogP) is 1.97. The average Bonchev–Trinajstić information content (AvgIpc) is 3.38. The van der Waals surface area contributed by atoms with Gasteiger partial charge in [-0.25, -0.2) is 17.5 Å². The summed E-state index contributed by atoms with van der Waals surface area (Å²) in [5, 5.41) is 6.26. The molecule has 0 amide bonds. The van der Waals surface area contributed by atoms with Crippen molar-refractivity contribution in [1.29, 1.82) is 0 Å². The van der Waals surface area contributed by atoms with Gasteiger partial charge in [-0.3, -0.25) is 4.99 Å². The van der Waals surface area contributed by atoms with Crippen LogP contribution in [0.3, 0.4) is 0 Å². The van der Waals surface area contributed by atoms with Crippen molar-refractivity contribution < 1.29 is 12.8 Å². The molecule has 9 heteroatoms. The van der Waals surface area contributed by atoms with Gasteiger partial charge in [0.1, 0.15) is 5.82 Å². The topological polar surface area (TPSA) is 82.6 Å².